The van der Waals surface area contributed by atoms with Crippen LogP contribution in [-0.2, 0) is 9.53 Å². The monoisotopic (exact) mass is 242 g/mol. The van der Waals surface area contributed by atoms with Gasteiger partial charge in [0.1, 0.15) is 0 Å². The van der Waals surface area contributed by atoms with E-state index in [1.54, 1.807) is 0 Å². The van der Waals surface area contributed by atoms with E-state index >= 15 is 0 Å². The van der Waals surface area contributed by atoms with Gasteiger partial charge >= 0.3 is 0 Å². The van der Waals surface area contributed by atoms with Gasteiger partial charge in [-0.2, -0.15) is 0 Å². The second-order valence-corrected chi connectivity index (χ2v) is 4.50. The zero-order chi connectivity index (χ0) is 12.5. The van der Waals surface area contributed by atoms with Crippen molar-refractivity contribution in [3.8, 4) is 0 Å². The SMILES string of the molecule is CCOCCN(CC)C(=O)CCC1CCCN1. The molecule has 0 bridgehead atoms. The molecule has 17 heavy (non-hydrogen) atoms. The fourth-order valence-corrected chi connectivity index (χ4v) is 2.24. The lowest BCUT2D eigenvalue weighted by Gasteiger charge is -2.21. The summed E-state index contributed by atoms with van der Waals surface area (Å²) in [4.78, 5) is 13.9. The number of rotatable bonds is 8. The molecule has 1 aliphatic heterocycles. The molecule has 1 unspecified atom stereocenters. The first kappa shape index (κ1) is 14.5. The van der Waals surface area contributed by atoms with Gasteiger partial charge in [-0.15, -0.1) is 0 Å². The molecule has 0 radical (unpaired) electrons. The van der Waals surface area contributed by atoms with E-state index in [0.29, 0.717) is 19.1 Å². The first-order chi connectivity index (χ1) is 8.27. The summed E-state index contributed by atoms with van der Waals surface area (Å²) in [5.74, 6) is 0.265. The van der Waals surface area contributed by atoms with Crippen LogP contribution >= 0.6 is 0 Å². The van der Waals surface area contributed by atoms with E-state index < -0.39 is 0 Å². The Morgan fingerprint density at radius 3 is 2.88 bits per heavy atom. The van der Waals surface area contributed by atoms with E-state index in [1.165, 1.54) is 12.8 Å². The van der Waals surface area contributed by atoms with E-state index in [4.69, 9.17) is 4.74 Å². The molecular formula is C13H26N2O2. The van der Waals surface area contributed by atoms with Crippen molar-refractivity contribution in [3.63, 3.8) is 0 Å². The predicted molar refractivity (Wildman–Crippen MR) is 69.0 cm³/mol. The zero-order valence-electron chi connectivity index (χ0n) is 11.2. The van der Waals surface area contributed by atoms with Crippen molar-refractivity contribution in [2.45, 2.75) is 45.6 Å². The van der Waals surface area contributed by atoms with Crippen LogP contribution in [0.2, 0.25) is 0 Å². The van der Waals surface area contributed by atoms with E-state index in [-0.39, 0.29) is 5.91 Å². The van der Waals surface area contributed by atoms with Gasteiger partial charge in [0.25, 0.3) is 0 Å². The van der Waals surface area contributed by atoms with Crippen molar-refractivity contribution in [1.29, 1.82) is 0 Å². The Balaban J connectivity index is 2.17. The van der Waals surface area contributed by atoms with Crippen molar-refractivity contribution in [3.05, 3.63) is 0 Å². The van der Waals surface area contributed by atoms with Gasteiger partial charge in [-0.1, -0.05) is 0 Å². The first-order valence-electron chi connectivity index (χ1n) is 6.86. The average Bonchev–Trinajstić information content (AvgIpc) is 2.85. The smallest absolute Gasteiger partial charge is 0.222 e. The van der Waals surface area contributed by atoms with Gasteiger partial charge in [0.05, 0.1) is 6.61 Å². The first-order valence-corrected chi connectivity index (χ1v) is 6.86. The number of ether oxygens (including phenoxy) is 1. The molecule has 4 heteroatoms. The minimum absolute atomic E-state index is 0.265. The standard InChI is InChI=1S/C13H26N2O2/c1-3-15(10-11-17-4-2)13(16)8-7-12-6-5-9-14-12/h12,14H,3-11H2,1-2H3. The van der Waals surface area contributed by atoms with Crippen LogP contribution in [0, 0.1) is 0 Å². The number of carbonyl (C=O) groups excluding carboxylic acids is 1. The summed E-state index contributed by atoms with van der Waals surface area (Å²) >= 11 is 0. The number of carbonyl (C=O) groups is 1. The van der Waals surface area contributed by atoms with Crippen LogP contribution in [0.3, 0.4) is 0 Å². The van der Waals surface area contributed by atoms with Crippen LogP contribution in [0.4, 0.5) is 0 Å². The van der Waals surface area contributed by atoms with Gasteiger partial charge in [0.15, 0.2) is 0 Å². The molecule has 1 rings (SSSR count). The second-order valence-electron chi connectivity index (χ2n) is 4.50. The largest absolute Gasteiger partial charge is 0.380 e. The molecule has 0 aliphatic carbocycles. The van der Waals surface area contributed by atoms with E-state index in [0.717, 1.165) is 32.7 Å². The van der Waals surface area contributed by atoms with Crippen LogP contribution in [-0.4, -0.2) is 49.7 Å². The molecule has 1 saturated heterocycles. The molecule has 1 aliphatic rings. The Morgan fingerprint density at radius 2 is 2.29 bits per heavy atom. The van der Waals surface area contributed by atoms with Crippen molar-refractivity contribution in [2.75, 3.05) is 32.8 Å². The van der Waals surface area contributed by atoms with Crippen molar-refractivity contribution < 1.29 is 9.53 Å². The number of hydrogen-bond acceptors (Lipinski definition) is 3. The molecule has 0 spiro atoms. The van der Waals surface area contributed by atoms with E-state index in [1.807, 2.05) is 18.7 Å². The number of amides is 1. The average molecular weight is 242 g/mol. The van der Waals surface area contributed by atoms with Crippen LogP contribution in [0.25, 0.3) is 0 Å². The van der Waals surface area contributed by atoms with Crippen molar-refractivity contribution in [2.24, 2.45) is 0 Å². The summed E-state index contributed by atoms with van der Waals surface area (Å²) in [5, 5.41) is 3.43. The number of hydrogen-bond donors (Lipinski definition) is 1. The number of nitrogens with zero attached hydrogens (tertiary/aromatic N) is 1. The fraction of sp³-hybridized carbons (Fsp3) is 0.923. The summed E-state index contributed by atoms with van der Waals surface area (Å²) in [6.07, 6.45) is 4.11. The zero-order valence-corrected chi connectivity index (χ0v) is 11.2. The van der Waals surface area contributed by atoms with Gasteiger partial charge in [0.2, 0.25) is 5.91 Å². The molecule has 1 fully saturated rings. The van der Waals surface area contributed by atoms with Crippen LogP contribution in [0.5, 0.6) is 0 Å². The Hall–Kier alpha value is -0.610. The fourth-order valence-electron chi connectivity index (χ4n) is 2.24. The minimum Gasteiger partial charge on any atom is -0.380 e. The molecule has 1 N–H and O–H groups in total. The molecule has 0 aromatic heterocycles. The highest BCUT2D eigenvalue weighted by molar-refractivity contribution is 5.76. The second kappa shape index (κ2) is 8.48. The third kappa shape index (κ3) is 5.50. The summed E-state index contributed by atoms with van der Waals surface area (Å²) in [6.45, 7) is 7.99. The quantitative estimate of drug-likeness (QED) is 0.654. The summed E-state index contributed by atoms with van der Waals surface area (Å²) in [7, 11) is 0. The van der Waals surface area contributed by atoms with Gasteiger partial charge in [-0.05, 0) is 39.7 Å². The molecular weight excluding hydrogens is 216 g/mol. The Kier molecular flexibility index (Phi) is 7.21. The molecule has 4 nitrogen and oxygen atoms in total. The van der Waals surface area contributed by atoms with Gasteiger partial charge in [-0.3, -0.25) is 4.79 Å². The van der Waals surface area contributed by atoms with Gasteiger partial charge in [-0.25, -0.2) is 0 Å². The predicted octanol–water partition coefficient (Wildman–Crippen LogP) is 1.40. The van der Waals surface area contributed by atoms with Crippen molar-refractivity contribution >= 4 is 5.91 Å². The molecule has 100 valence electrons. The lowest BCUT2D eigenvalue weighted by Crippen LogP contribution is -2.35. The Morgan fingerprint density at radius 1 is 1.47 bits per heavy atom. The molecule has 1 heterocycles. The number of likely N-dealkylation sites (N-methyl/N-ethyl adjacent to an activating group) is 1. The summed E-state index contributed by atoms with van der Waals surface area (Å²) < 4.78 is 5.29. The van der Waals surface area contributed by atoms with Gasteiger partial charge in [0, 0.05) is 32.2 Å². The van der Waals surface area contributed by atoms with Gasteiger partial charge < -0.3 is 15.0 Å². The third-order valence-electron chi connectivity index (χ3n) is 3.31. The Labute approximate surface area is 105 Å². The van der Waals surface area contributed by atoms with Crippen molar-refractivity contribution in [1.82, 2.24) is 10.2 Å². The maximum atomic E-state index is 12.0. The summed E-state index contributed by atoms with van der Waals surface area (Å²) in [5.41, 5.74) is 0. The maximum Gasteiger partial charge on any atom is 0.222 e. The highest BCUT2D eigenvalue weighted by atomic mass is 16.5. The molecule has 0 saturated carbocycles. The Bertz CT molecular complexity index is 215. The van der Waals surface area contributed by atoms with E-state index in [9.17, 15) is 4.79 Å². The molecule has 0 aromatic rings. The van der Waals surface area contributed by atoms with Crippen LogP contribution in [0.1, 0.15) is 39.5 Å². The third-order valence-corrected chi connectivity index (χ3v) is 3.31. The lowest BCUT2D eigenvalue weighted by atomic mass is 10.1. The van der Waals surface area contributed by atoms with Crippen LogP contribution in [0.15, 0.2) is 0 Å². The minimum atomic E-state index is 0.265. The molecule has 0 aromatic carbocycles. The lowest BCUT2D eigenvalue weighted by molar-refractivity contribution is -0.132. The summed E-state index contributed by atoms with van der Waals surface area (Å²) in [6, 6.07) is 0.560. The highest BCUT2D eigenvalue weighted by Crippen LogP contribution is 2.11. The number of nitrogens with one attached hydrogen (secondary N) is 1. The highest BCUT2D eigenvalue weighted by Gasteiger charge is 2.17. The topological polar surface area (TPSA) is 41.6 Å². The maximum absolute atomic E-state index is 12.0. The molecule has 1 atom stereocenters. The normalized spacial score (nSPS) is 19.5. The van der Waals surface area contributed by atoms with Crippen LogP contribution < -0.4 is 5.32 Å². The van der Waals surface area contributed by atoms with E-state index in [2.05, 4.69) is 5.32 Å². The molecule has 1 amide bonds.